The number of rotatable bonds is 2. The SMILES string of the molecule is CC1=NN(C(=O)Cn2cnc3sc4c(c3c2=O)CCCC4)C(=O)C1. The predicted octanol–water partition coefficient (Wildman–Crippen LogP) is 1.47. The molecule has 24 heavy (non-hydrogen) atoms. The third-order valence-corrected chi connectivity index (χ3v) is 5.60. The van der Waals surface area contributed by atoms with E-state index in [0.717, 1.165) is 41.1 Å². The van der Waals surface area contributed by atoms with Gasteiger partial charge in [0.25, 0.3) is 17.4 Å². The summed E-state index contributed by atoms with van der Waals surface area (Å²) in [7, 11) is 0. The summed E-state index contributed by atoms with van der Waals surface area (Å²) in [5.41, 5.74) is 1.48. The minimum Gasteiger partial charge on any atom is -0.289 e. The number of hydrogen-bond acceptors (Lipinski definition) is 6. The van der Waals surface area contributed by atoms with Gasteiger partial charge < -0.3 is 0 Å². The van der Waals surface area contributed by atoms with Gasteiger partial charge in [-0.25, -0.2) is 4.98 Å². The highest BCUT2D eigenvalue weighted by molar-refractivity contribution is 7.18. The molecule has 0 saturated carbocycles. The number of thiophene rings is 1. The van der Waals surface area contributed by atoms with E-state index < -0.39 is 5.91 Å². The third-order valence-electron chi connectivity index (χ3n) is 4.40. The Bertz CT molecular complexity index is 956. The molecule has 1 aliphatic carbocycles. The summed E-state index contributed by atoms with van der Waals surface area (Å²) in [6.45, 7) is 1.47. The van der Waals surface area contributed by atoms with Crippen LogP contribution in [-0.2, 0) is 29.0 Å². The van der Waals surface area contributed by atoms with Crippen molar-refractivity contribution in [3.05, 3.63) is 27.1 Å². The number of nitrogens with zero attached hydrogens (tertiary/aromatic N) is 4. The molecule has 7 nitrogen and oxygen atoms in total. The Kier molecular flexibility index (Phi) is 3.56. The highest BCUT2D eigenvalue weighted by Gasteiger charge is 2.28. The van der Waals surface area contributed by atoms with E-state index in [4.69, 9.17) is 0 Å². The van der Waals surface area contributed by atoms with Crippen LogP contribution < -0.4 is 5.56 Å². The van der Waals surface area contributed by atoms with Crippen molar-refractivity contribution in [2.24, 2.45) is 5.10 Å². The van der Waals surface area contributed by atoms with Crippen molar-refractivity contribution in [3.8, 4) is 0 Å². The maximum atomic E-state index is 12.8. The van der Waals surface area contributed by atoms with Gasteiger partial charge in [0.15, 0.2) is 0 Å². The molecule has 0 N–H and O–H groups in total. The Balaban J connectivity index is 1.70. The molecule has 2 aromatic heterocycles. The summed E-state index contributed by atoms with van der Waals surface area (Å²) in [6.07, 6.45) is 5.63. The van der Waals surface area contributed by atoms with Crippen LogP contribution in [0.1, 0.15) is 36.6 Å². The monoisotopic (exact) mass is 344 g/mol. The quantitative estimate of drug-likeness (QED) is 0.826. The number of aromatic nitrogens is 2. The van der Waals surface area contributed by atoms with E-state index in [0.29, 0.717) is 11.1 Å². The van der Waals surface area contributed by atoms with Gasteiger partial charge in [-0.05, 0) is 38.2 Å². The van der Waals surface area contributed by atoms with Gasteiger partial charge in [0.1, 0.15) is 11.4 Å². The zero-order valence-electron chi connectivity index (χ0n) is 13.2. The Hall–Kier alpha value is -2.35. The molecule has 0 spiro atoms. The summed E-state index contributed by atoms with van der Waals surface area (Å²) in [5, 5.41) is 5.43. The van der Waals surface area contributed by atoms with Crippen molar-refractivity contribution in [1.29, 1.82) is 0 Å². The minimum absolute atomic E-state index is 0.149. The van der Waals surface area contributed by atoms with Crippen molar-refractivity contribution >= 4 is 39.1 Å². The fourth-order valence-corrected chi connectivity index (χ4v) is 4.48. The van der Waals surface area contributed by atoms with Crippen molar-refractivity contribution in [2.75, 3.05) is 0 Å². The maximum Gasteiger partial charge on any atom is 0.270 e. The fourth-order valence-electron chi connectivity index (χ4n) is 3.26. The first kappa shape index (κ1) is 15.2. The molecule has 1 aliphatic heterocycles. The second-order valence-corrected chi connectivity index (χ2v) is 7.26. The number of hydrazone groups is 1. The summed E-state index contributed by atoms with van der Waals surface area (Å²) in [4.78, 5) is 43.2. The van der Waals surface area contributed by atoms with Crippen LogP contribution in [0.3, 0.4) is 0 Å². The zero-order chi connectivity index (χ0) is 16.8. The number of carbonyl (C=O) groups excluding carboxylic acids is 2. The van der Waals surface area contributed by atoms with Crippen molar-refractivity contribution in [1.82, 2.24) is 14.6 Å². The zero-order valence-corrected chi connectivity index (χ0v) is 14.1. The van der Waals surface area contributed by atoms with Gasteiger partial charge >= 0.3 is 0 Å². The number of hydrogen-bond donors (Lipinski definition) is 0. The van der Waals surface area contributed by atoms with E-state index in [1.54, 1.807) is 18.3 Å². The van der Waals surface area contributed by atoms with E-state index in [1.165, 1.54) is 15.8 Å². The molecular weight excluding hydrogens is 328 g/mol. The number of aryl methyl sites for hydroxylation is 2. The summed E-state index contributed by atoms with van der Waals surface area (Å²) < 4.78 is 1.28. The van der Waals surface area contributed by atoms with Gasteiger partial charge in [-0.1, -0.05) is 0 Å². The van der Waals surface area contributed by atoms with Crippen LogP contribution in [0, 0.1) is 0 Å². The molecular formula is C16H16N4O3S. The van der Waals surface area contributed by atoms with E-state index in [-0.39, 0.29) is 24.4 Å². The lowest BCUT2D eigenvalue weighted by Gasteiger charge is -2.12. The molecule has 0 saturated heterocycles. The number of imide groups is 1. The normalized spacial score (nSPS) is 17.3. The van der Waals surface area contributed by atoms with Crippen LogP contribution >= 0.6 is 11.3 Å². The smallest absolute Gasteiger partial charge is 0.270 e. The first-order valence-electron chi connectivity index (χ1n) is 7.94. The highest BCUT2D eigenvalue weighted by Crippen LogP contribution is 2.33. The Labute approximate surface area is 141 Å². The Morgan fingerprint density at radius 3 is 2.83 bits per heavy atom. The number of carbonyl (C=O) groups is 2. The third kappa shape index (κ3) is 2.37. The second kappa shape index (κ2) is 5.62. The average molecular weight is 344 g/mol. The lowest BCUT2D eigenvalue weighted by Crippen LogP contribution is -2.35. The lowest BCUT2D eigenvalue weighted by molar-refractivity contribution is -0.143. The predicted molar refractivity (Wildman–Crippen MR) is 90.1 cm³/mol. The summed E-state index contributed by atoms with van der Waals surface area (Å²) in [5.74, 6) is -0.864. The lowest BCUT2D eigenvalue weighted by atomic mass is 9.97. The van der Waals surface area contributed by atoms with Crippen molar-refractivity contribution < 1.29 is 9.59 Å². The molecule has 0 unspecified atom stereocenters. The van der Waals surface area contributed by atoms with Gasteiger partial charge in [-0.3, -0.25) is 19.0 Å². The van der Waals surface area contributed by atoms with Crippen LogP contribution in [0.5, 0.6) is 0 Å². The van der Waals surface area contributed by atoms with Gasteiger partial charge in [-0.15, -0.1) is 11.3 Å². The Morgan fingerprint density at radius 2 is 2.08 bits per heavy atom. The van der Waals surface area contributed by atoms with Crippen LogP contribution in [0.25, 0.3) is 10.2 Å². The molecule has 2 amide bonds. The molecule has 0 bridgehead atoms. The topological polar surface area (TPSA) is 84.6 Å². The number of fused-ring (bicyclic) bond motifs is 3. The van der Waals surface area contributed by atoms with Crippen molar-refractivity contribution in [2.45, 2.75) is 45.6 Å². The van der Waals surface area contributed by atoms with Crippen LogP contribution in [0.15, 0.2) is 16.2 Å². The molecule has 0 aromatic carbocycles. The minimum atomic E-state index is -0.510. The van der Waals surface area contributed by atoms with E-state index >= 15 is 0 Å². The fraction of sp³-hybridized carbons (Fsp3) is 0.438. The van der Waals surface area contributed by atoms with E-state index in [9.17, 15) is 14.4 Å². The molecule has 2 aromatic rings. The molecule has 124 valence electrons. The number of amides is 2. The molecule has 3 heterocycles. The molecule has 4 rings (SSSR count). The first-order valence-corrected chi connectivity index (χ1v) is 8.76. The largest absolute Gasteiger partial charge is 0.289 e. The van der Waals surface area contributed by atoms with Gasteiger partial charge in [-0.2, -0.15) is 10.1 Å². The maximum absolute atomic E-state index is 12.8. The average Bonchev–Trinajstić information content (AvgIpc) is 3.10. The molecule has 8 heteroatoms. The first-order chi connectivity index (χ1) is 11.5. The van der Waals surface area contributed by atoms with Crippen LogP contribution in [0.2, 0.25) is 0 Å². The summed E-state index contributed by atoms with van der Waals surface area (Å²) in [6, 6.07) is 0. The van der Waals surface area contributed by atoms with Crippen LogP contribution in [0.4, 0.5) is 0 Å². The van der Waals surface area contributed by atoms with E-state index in [1.807, 2.05) is 0 Å². The van der Waals surface area contributed by atoms with Gasteiger partial charge in [0, 0.05) is 10.6 Å². The second-order valence-electron chi connectivity index (χ2n) is 6.18. The van der Waals surface area contributed by atoms with Crippen LogP contribution in [-0.4, -0.2) is 32.1 Å². The summed E-state index contributed by atoms with van der Waals surface area (Å²) >= 11 is 1.57. The van der Waals surface area contributed by atoms with E-state index in [2.05, 4.69) is 10.1 Å². The standard InChI is InChI=1S/C16H16N4O3S/c1-9-6-12(21)20(18-9)13(22)7-19-8-17-15-14(16(19)23)10-4-2-3-5-11(10)24-15/h8H,2-7H2,1H3. The highest BCUT2D eigenvalue weighted by atomic mass is 32.1. The molecule has 2 aliphatic rings. The van der Waals surface area contributed by atoms with Gasteiger partial charge in [0.2, 0.25) is 0 Å². The molecule has 0 fully saturated rings. The van der Waals surface area contributed by atoms with Crippen molar-refractivity contribution in [3.63, 3.8) is 0 Å². The van der Waals surface area contributed by atoms with Gasteiger partial charge in [0.05, 0.1) is 18.1 Å². The molecule has 0 atom stereocenters. The molecule has 0 radical (unpaired) electrons. The Morgan fingerprint density at radius 1 is 1.29 bits per heavy atom.